The van der Waals surface area contributed by atoms with E-state index in [2.05, 4.69) is 37.7 Å². The molecule has 0 aromatic carbocycles. The van der Waals surface area contributed by atoms with Gasteiger partial charge in [-0.05, 0) is 43.1 Å². The first-order valence-corrected chi connectivity index (χ1v) is 7.77. The molecule has 0 bridgehead atoms. The molecule has 1 aliphatic rings. The van der Waals surface area contributed by atoms with Gasteiger partial charge in [0.05, 0.1) is 0 Å². The number of thioether (sulfide) groups is 1. The Morgan fingerprint density at radius 2 is 2.24 bits per heavy atom. The Balaban J connectivity index is 2.36. The molecule has 1 unspecified atom stereocenters. The Morgan fingerprint density at radius 3 is 2.88 bits per heavy atom. The Hall–Kier alpha value is -0.410. The van der Waals surface area contributed by atoms with Crippen LogP contribution in [0.25, 0.3) is 0 Å². The van der Waals surface area contributed by atoms with E-state index in [1.165, 1.54) is 22.7 Å². The monoisotopic (exact) mass is 252 g/mol. The summed E-state index contributed by atoms with van der Waals surface area (Å²) in [5, 5.41) is 0. The molecule has 2 rings (SSSR count). The summed E-state index contributed by atoms with van der Waals surface area (Å²) in [5.74, 6) is 1.18. The van der Waals surface area contributed by atoms with Crippen molar-refractivity contribution in [2.45, 2.75) is 46.2 Å². The minimum atomic E-state index is 0.225. The highest BCUT2D eigenvalue weighted by Crippen LogP contribution is 2.40. The molecule has 1 atom stereocenters. The number of rotatable bonds is 3. The van der Waals surface area contributed by atoms with Crippen LogP contribution in [0.1, 0.15) is 43.3 Å². The second-order valence-electron chi connectivity index (χ2n) is 5.98. The van der Waals surface area contributed by atoms with Crippen LogP contribution in [0.4, 0.5) is 0 Å². The Labute approximate surface area is 109 Å². The molecule has 0 amide bonds. The molecule has 1 aromatic heterocycles. The molecule has 17 heavy (non-hydrogen) atoms. The first-order valence-electron chi connectivity index (χ1n) is 6.38. The minimum absolute atomic E-state index is 0.225. The van der Waals surface area contributed by atoms with Crippen molar-refractivity contribution in [3.8, 4) is 0 Å². The van der Waals surface area contributed by atoms with Gasteiger partial charge in [0.25, 0.3) is 0 Å². The third kappa shape index (κ3) is 2.55. The van der Waals surface area contributed by atoms with Crippen molar-refractivity contribution in [2.75, 3.05) is 12.0 Å². The average Bonchev–Trinajstić information content (AvgIpc) is 2.51. The summed E-state index contributed by atoms with van der Waals surface area (Å²) in [6, 6.07) is 2.53. The maximum atomic E-state index is 6.31. The molecule has 2 N–H and O–H groups in total. The van der Waals surface area contributed by atoms with Crippen LogP contribution < -0.4 is 5.73 Å². The van der Waals surface area contributed by atoms with Crippen molar-refractivity contribution in [3.63, 3.8) is 0 Å². The highest BCUT2D eigenvalue weighted by molar-refractivity contribution is 7.98. The second kappa shape index (κ2) is 4.69. The molecule has 0 radical (unpaired) electrons. The van der Waals surface area contributed by atoms with Crippen LogP contribution in [0.15, 0.2) is 6.07 Å². The van der Waals surface area contributed by atoms with E-state index in [1.54, 1.807) is 0 Å². The number of fused-ring (bicyclic) bond motifs is 1. The van der Waals surface area contributed by atoms with Gasteiger partial charge in [-0.15, -0.1) is 0 Å². The molecule has 0 aliphatic heterocycles. The number of aryl methyl sites for hydroxylation is 1. The molecule has 1 aliphatic carbocycles. The molecule has 3 heteroatoms. The second-order valence-corrected chi connectivity index (χ2v) is 6.97. The van der Waals surface area contributed by atoms with Crippen molar-refractivity contribution in [2.24, 2.45) is 11.1 Å². The van der Waals surface area contributed by atoms with Crippen molar-refractivity contribution in [1.82, 2.24) is 4.57 Å². The first-order chi connectivity index (χ1) is 7.94. The average molecular weight is 252 g/mol. The summed E-state index contributed by atoms with van der Waals surface area (Å²) in [7, 11) is 0. The maximum absolute atomic E-state index is 6.31. The Kier molecular flexibility index (Phi) is 3.60. The topological polar surface area (TPSA) is 30.9 Å². The summed E-state index contributed by atoms with van der Waals surface area (Å²) in [6.07, 6.45) is 4.44. The van der Waals surface area contributed by atoms with Crippen molar-refractivity contribution < 1.29 is 0 Å². The lowest BCUT2D eigenvalue weighted by Crippen LogP contribution is -2.30. The Bertz CT molecular complexity index is 407. The van der Waals surface area contributed by atoms with Gasteiger partial charge >= 0.3 is 0 Å². The molecule has 0 saturated carbocycles. The van der Waals surface area contributed by atoms with Crippen LogP contribution in [0, 0.1) is 12.3 Å². The smallest absolute Gasteiger partial charge is 0.0318 e. The molecule has 0 fully saturated rings. The molecular weight excluding hydrogens is 228 g/mol. The predicted molar refractivity (Wildman–Crippen MR) is 76.6 cm³/mol. The van der Waals surface area contributed by atoms with Crippen LogP contribution >= 0.6 is 11.8 Å². The summed E-state index contributed by atoms with van der Waals surface area (Å²) in [4.78, 5) is 0. The molecule has 96 valence electrons. The zero-order chi connectivity index (χ0) is 12.6. The first kappa shape index (κ1) is 13.0. The van der Waals surface area contributed by atoms with Gasteiger partial charge in [0.2, 0.25) is 0 Å². The van der Waals surface area contributed by atoms with E-state index in [0.717, 1.165) is 19.4 Å². The minimum Gasteiger partial charge on any atom is -0.348 e. The summed E-state index contributed by atoms with van der Waals surface area (Å²) < 4.78 is 2.48. The fourth-order valence-corrected chi connectivity index (χ4v) is 3.36. The molecule has 1 heterocycles. The molecule has 0 saturated heterocycles. The Morgan fingerprint density at radius 1 is 1.53 bits per heavy atom. The number of nitrogens with two attached hydrogens (primary N) is 1. The van der Waals surface area contributed by atoms with E-state index in [9.17, 15) is 0 Å². The van der Waals surface area contributed by atoms with Gasteiger partial charge in [-0.25, -0.2) is 0 Å². The van der Waals surface area contributed by atoms with E-state index in [1.807, 2.05) is 11.8 Å². The number of aromatic nitrogens is 1. The lowest BCUT2D eigenvalue weighted by Gasteiger charge is -2.34. The molecular formula is C14H24N2S. The van der Waals surface area contributed by atoms with E-state index >= 15 is 0 Å². The zero-order valence-electron chi connectivity index (χ0n) is 11.4. The van der Waals surface area contributed by atoms with Crippen molar-refractivity contribution in [3.05, 3.63) is 23.0 Å². The number of hydrogen-bond acceptors (Lipinski definition) is 2. The highest BCUT2D eigenvalue weighted by Gasteiger charge is 2.32. The number of nitrogens with zero attached hydrogens (tertiary/aromatic N) is 1. The highest BCUT2D eigenvalue weighted by atomic mass is 32.2. The SMILES string of the molecule is CSCCn1c(C)cc2c1CC(C)(C)CC2N. The van der Waals surface area contributed by atoms with Crippen molar-refractivity contribution >= 4 is 11.8 Å². The van der Waals surface area contributed by atoms with E-state index in [-0.39, 0.29) is 6.04 Å². The van der Waals surface area contributed by atoms with Gasteiger partial charge in [-0.1, -0.05) is 13.8 Å². The van der Waals surface area contributed by atoms with Crippen LogP contribution in [0.3, 0.4) is 0 Å². The van der Waals surface area contributed by atoms with Gasteiger partial charge in [-0.3, -0.25) is 0 Å². The molecule has 1 aromatic rings. The standard InChI is InChI=1S/C14H24N2S/c1-10-7-11-12(15)8-14(2,3)9-13(11)16(10)5-6-17-4/h7,12H,5-6,8-9,15H2,1-4H3. The lowest BCUT2D eigenvalue weighted by molar-refractivity contribution is 0.275. The van der Waals surface area contributed by atoms with Gasteiger partial charge in [0, 0.05) is 29.7 Å². The summed E-state index contributed by atoms with van der Waals surface area (Å²) in [6.45, 7) is 7.98. The molecule has 2 nitrogen and oxygen atoms in total. The van der Waals surface area contributed by atoms with E-state index in [4.69, 9.17) is 5.73 Å². The van der Waals surface area contributed by atoms with E-state index in [0.29, 0.717) is 5.41 Å². The largest absolute Gasteiger partial charge is 0.348 e. The molecule has 0 spiro atoms. The van der Waals surface area contributed by atoms with Gasteiger partial charge in [0.15, 0.2) is 0 Å². The zero-order valence-corrected chi connectivity index (χ0v) is 12.2. The van der Waals surface area contributed by atoms with Gasteiger partial charge in [0.1, 0.15) is 0 Å². The van der Waals surface area contributed by atoms with Gasteiger partial charge in [-0.2, -0.15) is 11.8 Å². The fraction of sp³-hybridized carbons (Fsp3) is 0.714. The third-order valence-electron chi connectivity index (χ3n) is 3.79. The third-order valence-corrected chi connectivity index (χ3v) is 4.38. The maximum Gasteiger partial charge on any atom is 0.0318 e. The quantitative estimate of drug-likeness (QED) is 0.896. The summed E-state index contributed by atoms with van der Waals surface area (Å²) >= 11 is 1.91. The number of hydrogen-bond donors (Lipinski definition) is 1. The summed E-state index contributed by atoms with van der Waals surface area (Å²) in [5.41, 5.74) is 10.9. The van der Waals surface area contributed by atoms with Gasteiger partial charge < -0.3 is 10.3 Å². The van der Waals surface area contributed by atoms with Crippen LogP contribution in [0.2, 0.25) is 0 Å². The lowest BCUT2D eigenvalue weighted by atomic mass is 9.74. The predicted octanol–water partition coefficient (Wildman–Crippen LogP) is 3.13. The van der Waals surface area contributed by atoms with Crippen LogP contribution in [-0.4, -0.2) is 16.6 Å². The normalized spacial score (nSPS) is 22.5. The van der Waals surface area contributed by atoms with Crippen molar-refractivity contribution in [1.29, 1.82) is 0 Å². The van der Waals surface area contributed by atoms with Crippen LogP contribution in [0.5, 0.6) is 0 Å². The van der Waals surface area contributed by atoms with E-state index < -0.39 is 0 Å². The fourth-order valence-electron chi connectivity index (χ4n) is 3.00. The van der Waals surface area contributed by atoms with Crippen LogP contribution in [-0.2, 0) is 13.0 Å².